The van der Waals surface area contributed by atoms with Crippen molar-refractivity contribution in [2.24, 2.45) is 0 Å². The second-order valence-electron chi connectivity index (χ2n) is 7.32. The van der Waals surface area contributed by atoms with Crippen molar-refractivity contribution in [2.75, 3.05) is 18.9 Å². The summed E-state index contributed by atoms with van der Waals surface area (Å²) in [4.78, 5) is 27.4. The van der Waals surface area contributed by atoms with Crippen LogP contribution in [0.3, 0.4) is 0 Å². The number of fused-ring (bicyclic) bond motifs is 1. The number of carbonyl (C=O) groups excluding carboxylic acids is 2. The second kappa shape index (κ2) is 8.91. The van der Waals surface area contributed by atoms with E-state index in [0.717, 1.165) is 11.1 Å². The van der Waals surface area contributed by atoms with E-state index in [9.17, 15) is 18.0 Å². The van der Waals surface area contributed by atoms with Crippen LogP contribution in [0.5, 0.6) is 5.75 Å². The first-order valence-corrected chi connectivity index (χ1v) is 11.4. The number of methoxy groups -OCH3 is 2. The van der Waals surface area contributed by atoms with E-state index in [1.807, 2.05) is 0 Å². The molecule has 0 unspecified atom stereocenters. The van der Waals surface area contributed by atoms with E-state index in [1.165, 1.54) is 32.5 Å². The van der Waals surface area contributed by atoms with Gasteiger partial charge in [0.15, 0.2) is 0 Å². The van der Waals surface area contributed by atoms with E-state index in [-0.39, 0.29) is 34.6 Å². The van der Waals surface area contributed by atoms with Crippen LogP contribution in [0.4, 0.5) is 5.69 Å². The van der Waals surface area contributed by atoms with E-state index in [0.29, 0.717) is 23.4 Å². The first kappa shape index (κ1) is 22.3. The van der Waals surface area contributed by atoms with Gasteiger partial charge in [0.1, 0.15) is 10.6 Å². The number of aromatic nitrogens is 1. The lowest BCUT2D eigenvalue weighted by Crippen LogP contribution is -2.15. The molecule has 0 spiro atoms. The fourth-order valence-electron chi connectivity index (χ4n) is 3.48. The van der Waals surface area contributed by atoms with Crippen LogP contribution in [0, 0.1) is 0 Å². The minimum absolute atomic E-state index is 0.0638. The quantitative estimate of drug-likeness (QED) is 0.512. The van der Waals surface area contributed by atoms with E-state index < -0.39 is 10.0 Å². The molecule has 1 aliphatic heterocycles. The molecule has 0 saturated heterocycles. The highest BCUT2D eigenvalue weighted by atomic mass is 32.2. The molecule has 1 aliphatic rings. The number of nitrogens with one attached hydrogen (secondary N) is 2. The lowest BCUT2D eigenvalue weighted by Gasteiger charge is -2.14. The predicted octanol–water partition coefficient (Wildman–Crippen LogP) is 2.52. The number of rotatable bonds is 7. The number of sulfonamides is 1. The molecule has 2 N–H and O–H groups in total. The smallest absolute Gasteiger partial charge is 0.309 e. The number of amides is 1. The van der Waals surface area contributed by atoms with Crippen LogP contribution in [-0.4, -0.2) is 39.5 Å². The van der Waals surface area contributed by atoms with Gasteiger partial charge in [-0.25, -0.2) is 8.42 Å². The average Bonchev–Trinajstić information content (AvgIpc) is 3.19. The van der Waals surface area contributed by atoms with Gasteiger partial charge in [-0.05, 0) is 34.9 Å². The normalized spacial score (nSPS) is 12.6. The third-order valence-electron chi connectivity index (χ3n) is 5.20. The Morgan fingerprint density at radius 2 is 1.82 bits per heavy atom. The Balaban J connectivity index is 1.64. The molecule has 1 aromatic heterocycles. The van der Waals surface area contributed by atoms with Crippen molar-refractivity contribution >= 4 is 27.6 Å². The van der Waals surface area contributed by atoms with Crippen molar-refractivity contribution in [1.82, 2.24) is 10.3 Å². The minimum atomic E-state index is -4.06. The molecule has 0 radical (unpaired) electrons. The van der Waals surface area contributed by atoms with Crippen LogP contribution < -0.4 is 14.8 Å². The molecule has 33 heavy (non-hydrogen) atoms. The standard InChI is InChI=1S/C23H21N3O6S/c1-31-20-8-7-16(15-5-3-14(4-6-15)9-22(27)32-2)10-21(20)33(29,30)26-17-11-18-19(24-12-17)13-25-23(18)28/h3-8,10-12,26H,9,13H2,1-2H3,(H,25,28). The van der Waals surface area contributed by atoms with Gasteiger partial charge in [-0.1, -0.05) is 30.3 Å². The highest BCUT2D eigenvalue weighted by Gasteiger charge is 2.24. The summed E-state index contributed by atoms with van der Waals surface area (Å²) >= 11 is 0. The highest BCUT2D eigenvalue weighted by molar-refractivity contribution is 7.92. The zero-order valence-corrected chi connectivity index (χ0v) is 18.7. The maximum Gasteiger partial charge on any atom is 0.309 e. The molecule has 4 rings (SSSR count). The van der Waals surface area contributed by atoms with Gasteiger partial charge in [0.05, 0.1) is 50.3 Å². The van der Waals surface area contributed by atoms with Gasteiger partial charge in [-0.3, -0.25) is 19.3 Å². The molecule has 0 atom stereocenters. The fourth-order valence-corrected chi connectivity index (χ4v) is 4.71. The van der Waals surface area contributed by atoms with Crippen molar-refractivity contribution in [1.29, 1.82) is 0 Å². The van der Waals surface area contributed by atoms with Crippen molar-refractivity contribution in [3.05, 3.63) is 71.5 Å². The molecular weight excluding hydrogens is 446 g/mol. The van der Waals surface area contributed by atoms with Gasteiger partial charge in [-0.15, -0.1) is 0 Å². The Morgan fingerprint density at radius 3 is 2.52 bits per heavy atom. The number of nitrogens with zero attached hydrogens (tertiary/aromatic N) is 1. The molecule has 2 aromatic carbocycles. The summed E-state index contributed by atoms with van der Waals surface area (Å²) in [5.74, 6) is -0.473. The number of anilines is 1. The molecule has 170 valence electrons. The zero-order valence-electron chi connectivity index (χ0n) is 17.9. The summed E-state index contributed by atoms with van der Waals surface area (Å²) in [6.07, 6.45) is 1.52. The van der Waals surface area contributed by atoms with Crippen LogP contribution in [0.2, 0.25) is 0 Å². The van der Waals surface area contributed by atoms with Gasteiger partial charge in [-0.2, -0.15) is 0 Å². The first-order chi connectivity index (χ1) is 15.8. The van der Waals surface area contributed by atoms with Crippen LogP contribution in [0.25, 0.3) is 11.1 Å². The fraction of sp³-hybridized carbons (Fsp3) is 0.174. The molecule has 0 bridgehead atoms. The summed E-state index contributed by atoms with van der Waals surface area (Å²) in [7, 11) is -1.34. The maximum atomic E-state index is 13.2. The summed E-state index contributed by atoms with van der Waals surface area (Å²) < 4.78 is 38.8. The maximum absolute atomic E-state index is 13.2. The second-order valence-corrected chi connectivity index (χ2v) is 8.97. The molecule has 10 heteroatoms. The van der Waals surface area contributed by atoms with E-state index in [1.54, 1.807) is 36.4 Å². The molecule has 0 fully saturated rings. The number of hydrogen-bond acceptors (Lipinski definition) is 7. The molecule has 9 nitrogen and oxygen atoms in total. The molecule has 0 saturated carbocycles. The van der Waals surface area contributed by atoms with Crippen molar-refractivity contribution < 1.29 is 27.5 Å². The van der Waals surface area contributed by atoms with Crippen molar-refractivity contribution in [3.63, 3.8) is 0 Å². The Morgan fingerprint density at radius 1 is 1.09 bits per heavy atom. The topological polar surface area (TPSA) is 124 Å². The number of ether oxygens (including phenoxy) is 2. The van der Waals surface area contributed by atoms with Crippen LogP contribution in [0.1, 0.15) is 21.6 Å². The summed E-state index contributed by atoms with van der Waals surface area (Å²) in [5, 5.41) is 2.64. The van der Waals surface area contributed by atoms with Gasteiger partial charge in [0.2, 0.25) is 0 Å². The van der Waals surface area contributed by atoms with E-state index in [2.05, 4.69) is 19.8 Å². The monoisotopic (exact) mass is 467 g/mol. The lowest BCUT2D eigenvalue weighted by molar-refractivity contribution is -0.139. The van der Waals surface area contributed by atoms with Crippen LogP contribution in [0.15, 0.2) is 59.6 Å². The number of carbonyl (C=O) groups is 2. The van der Waals surface area contributed by atoms with Crippen molar-refractivity contribution in [3.8, 4) is 16.9 Å². The number of esters is 1. The molecule has 1 amide bonds. The number of pyridine rings is 1. The van der Waals surface area contributed by atoms with Gasteiger partial charge in [0.25, 0.3) is 15.9 Å². The largest absolute Gasteiger partial charge is 0.495 e. The Hall–Kier alpha value is -3.92. The molecular formula is C23H21N3O6S. The minimum Gasteiger partial charge on any atom is -0.495 e. The third kappa shape index (κ3) is 4.65. The SMILES string of the molecule is COC(=O)Cc1ccc(-c2ccc(OC)c(S(=O)(=O)Nc3cnc4c(c3)C(=O)NC4)c2)cc1. The summed E-state index contributed by atoms with van der Waals surface area (Å²) in [6, 6.07) is 13.4. The van der Waals surface area contributed by atoms with E-state index in [4.69, 9.17) is 4.74 Å². The zero-order chi connectivity index (χ0) is 23.6. The van der Waals surface area contributed by atoms with Crippen molar-refractivity contribution in [2.45, 2.75) is 17.9 Å². The third-order valence-corrected chi connectivity index (χ3v) is 6.60. The van der Waals surface area contributed by atoms with Crippen LogP contribution in [-0.2, 0) is 32.5 Å². The number of hydrogen-bond donors (Lipinski definition) is 2. The Labute approximate surface area is 190 Å². The van der Waals surface area contributed by atoms with Crippen LogP contribution >= 0.6 is 0 Å². The Bertz CT molecular complexity index is 1340. The van der Waals surface area contributed by atoms with Gasteiger partial charge < -0.3 is 14.8 Å². The van der Waals surface area contributed by atoms with Gasteiger partial charge >= 0.3 is 5.97 Å². The summed E-state index contributed by atoms with van der Waals surface area (Å²) in [6.45, 7) is 0.315. The van der Waals surface area contributed by atoms with Gasteiger partial charge in [0, 0.05) is 0 Å². The van der Waals surface area contributed by atoms with E-state index >= 15 is 0 Å². The lowest BCUT2D eigenvalue weighted by atomic mass is 10.0. The highest BCUT2D eigenvalue weighted by Crippen LogP contribution is 2.31. The number of benzene rings is 2. The first-order valence-electron chi connectivity index (χ1n) is 9.95. The molecule has 2 heterocycles. The summed E-state index contributed by atoms with van der Waals surface area (Å²) in [5.41, 5.74) is 3.26. The predicted molar refractivity (Wildman–Crippen MR) is 120 cm³/mol. The molecule has 0 aliphatic carbocycles. The Kier molecular flexibility index (Phi) is 6.01. The molecule has 3 aromatic rings. The average molecular weight is 468 g/mol.